The van der Waals surface area contributed by atoms with Crippen LogP contribution in [0.15, 0.2) is 39.8 Å². The van der Waals surface area contributed by atoms with Crippen molar-refractivity contribution in [3.05, 3.63) is 47.3 Å². The number of sulfonamides is 1. The minimum absolute atomic E-state index is 0.124. The predicted octanol–water partition coefficient (Wildman–Crippen LogP) is 1.77. The Morgan fingerprint density at radius 2 is 1.89 bits per heavy atom. The molecule has 0 bridgehead atoms. The van der Waals surface area contributed by atoms with Crippen molar-refractivity contribution in [2.75, 3.05) is 0 Å². The highest BCUT2D eigenvalue weighted by molar-refractivity contribution is 7.89. The number of aromatic nitrogens is 1. The summed E-state index contributed by atoms with van der Waals surface area (Å²) in [5, 5.41) is 3.64. The molecular weight excluding hydrogens is 252 g/mol. The molecule has 0 saturated heterocycles. The Labute approximate surface area is 106 Å². The maximum absolute atomic E-state index is 12.1. The lowest BCUT2D eigenvalue weighted by atomic mass is 10.2. The van der Waals surface area contributed by atoms with Gasteiger partial charge in [-0.1, -0.05) is 35.5 Å². The largest absolute Gasteiger partial charge is 0.360 e. The van der Waals surface area contributed by atoms with E-state index in [1.54, 1.807) is 13.8 Å². The summed E-state index contributed by atoms with van der Waals surface area (Å²) in [6.45, 7) is 3.43. The van der Waals surface area contributed by atoms with Gasteiger partial charge in [0.2, 0.25) is 10.0 Å². The van der Waals surface area contributed by atoms with Gasteiger partial charge in [-0.2, -0.15) is 0 Å². The van der Waals surface area contributed by atoms with Crippen LogP contribution < -0.4 is 4.72 Å². The van der Waals surface area contributed by atoms with Gasteiger partial charge in [0, 0.05) is 6.54 Å². The molecule has 0 atom stereocenters. The summed E-state index contributed by atoms with van der Waals surface area (Å²) in [7, 11) is -3.58. The second-order valence-corrected chi connectivity index (χ2v) is 5.67. The van der Waals surface area contributed by atoms with Crippen molar-refractivity contribution in [2.24, 2.45) is 0 Å². The van der Waals surface area contributed by atoms with Gasteiger partial charge in [0.05, 0.1) is 0 Å². The molecule has 0 spiro atoms. The zero-order chi connectivity index (χ0) is 13.2. The van der Waals surface area contributed by atoms with Crippen LogP contribution in [-0.2, 0) is 16.6 Å². The van der Waals surface area contributed by atoms with Crippen LogP contribution in [0.1, 0.15) is 17.0 Å². The third-order valence-electron chi connectivity index (χ3n) is 2.55. The molecule has 0 amide bonds. The van der Waals surface area contributed by atoms with Crippen LogP contribution >= 0.6 is 0 Å². The molecule has 0 saturated carbocycles. The summed E-state index contributed by atoms with van der Waals surface area (Å²) in [5.41, 5.74) is 1.26. The van der Waals surface area contributed by atoms with Crippen LogP contribution in [0.2, 0.25) is 0 Å². The van der Waals surface area contributed by atoms with Gasteiger partial charge in [-0.3, -0.25) is 0 Å². The standard InChI is InChI=1S/C12H14N2O3S/c1-9-12(10(2)17-14-9)18(15,16)13-8-11-6-4-3-5-7-11/h3-7,13H,8H2,1-2H3. The van der Waals surface area contributed by atoms with E-state index in [4.69, 9.17) is 4.52 Å². The number of nitrogens with zero attached hydrogens (tertiary/aromatic N) is 1. The molecule has 0 aliphatic heterocycles. The normalized spacial score (nSPS) is 11.7. The molecule has 1 N–H and O–H groups in total. The van der Waals surface area contributed by atoms with E-state index in [9.17, 15) is 8.42 Å². The van der Waals surface area contributed by atoms with Crippen molar-refractivity contribution in [3.8, 4) is 0 Å². The van der Waals surface area contributed by atoms with Gasteiger partial charge >= 0.3 is 0 Å². The fraction of sp³-hybridized carbons (Fsp3) is 0.250. The number of benzene rings is 1. The third-order valence-corrected chi connectivity index (χ3v) is 4.19. The molecule has 96 valence electrons. The Hall–Kier alpha value is -1.66. The lowest BCUT2D eigenvalue weighted by Gasteiger charge is -2.05. The minimum atomic E-state index is -3.58. The lowest BCUT2D eigenvalue weighted by molar-refractivity contribution is 0.390. The first-order valence-corrected chi connectivity index (χ1v) is 6.95. The Bertz CT molecular complexity index is 613. The molecule has 0 radical (unpaired) electrons. The van der Waals surface area contributed by atoms with Gasteiger partial charge in [0.25, 0.3) is 0 Å². The summed E-state index contributed by atoms with van der Waals surface area (Å²) in [6.07, 6.45) is 0. The second-order valence-electron chi connectivity index (χ2n) is 3.96. The number of nitrogens with one attached hydrogen (secondary N) is 1. The number of hydrogen-bond acceptors (Lipinski definition) is 4. The summed E-state index contributed by atoms with van der Waals surface area (Å²) in [6, 6.07) is 9.32. The van der Waals surface area contributed by atoms with E-state index >= 15 is 0 Å². The highest BCUT2D eigenvalue weighted by atomic mass is 32.2. The zero-order valence-electron chi connectivity index (χ0n) is 10.2. The van der Waals surface area contributed by atoms with E-state index in [0.29, 0.717) is 11.5 Å². The van der Waals surface area contributed by atoms with E-state index in [1.165, 1.54) is 0 Å². The zero-order valence-corrected chi connectivity index (χ0v) is 11.0. The molecule has 1 aromatic heterocycles. The van der Waals surface area contributed by atoms with Gasteiger partial charge in [0.15, 0.2) is 5.76 Å². The smallest absolute Gasteiger partial charge is 0.246 e. The highest BCUT2D eigenvalue weighted by Gasteiger charge is 2.23. The van der Waals surface area contributed by atoms with Crippen molar-refractivity contribution in [3.63, 3.8) is 0 Å². The molecule has 0 fully saturated rings. The van der Waals surface area contributed by atoms with Crippen LogP contribution in [0.4, 0.5) is 0 Å². The quantitative estimate of drug-likeness (QED) is 0.915. The molecule has 0 unspecified atom stereocenters. The summed E-state index contributed by atoms with van der Waals surface area (Å²) in [4.78, 5) is 0.124. The van der Waals surface area contributed by atoms with Gasteiger partial charge in [-0.15, -0.1) is 0 Å². The maximum Gasteiger partial charge on any atom is 0.246 e. The van der Waals surface area contributed by atoms with Gasteiger partial charge in [-0.25, -0.2) is 13.1 Å². The van der Waals surface area contributed by atoms with E-state index < -0.39 is 10.0 Å². The van der Waals surface area contributed by atoms with Crippen molar-refractivity contribution >= 4 is 10.0 Å². The first kappa shape index (κ1) is 12.8. The molecule has 2 aromatic rings. The van der Waals surface area contributed by atoms with Gasteiger partial charge in [-0.05, 0) is 19.4 Å². The average molecular weight is 266 g/mol. The van der Waals surface area contributed by atoms with E-state index in [-0.39, 0.29) is 11.4 Å². The van der Waals surface area contributed by atoms with Crippen molar-refractivity contribution in [2.45, 2.75) is 25.3 Å². The van der Waals surface area contributed by atoms with Crippen LogP contribution in [-0.4, -0.2) is 13.6 Å². The Morgan fingerprint density at radius 3 is 2.44 bits per heavy atom. The van der Waals surface area contributed by atoms with Crippen LogP contribution in [0, 0.1) is 13.8 Å². The SMILES string of the molecule is Cc1noc(C)c1S(=O)(=O)NCc1ccccc1. The molecule has 0 aliphatic carbocycles. The van der Waals surface area contributed by atoms with E-state index in [1.807, 2.05) is 30.3 Å². The minimum Gasteiger partial charge on any atom is -0.360 e. The summed E-state index contributed by atoms with van der Waals surface area (Å²) in [5.74, 6) is 0.299. The predicted molar refractivity (Wildman–Crippen MR) is 66.4 cm³/mol. The fourth-order valence-electron chi connectivity index (χ4n) is 1.70. The van der Waals surface area contributed by atoms with Crippen molar-refractivity contribution in [1.82, 2.24) is 9.88 Å². The summed E-state index contributed by atoms with van der Waals surface area (Å²) < 4.78 is 31.6. The van der Waals surface area contributed by atoms with Crippen LogP contribution in [0.25, 0.3) is 0 Å². The average Bonchev–Trinajstić information content (AvgIpc) is 2.69. The first-order valence-electron chi connectivity index (χ1n) is 5.47. The molecule has 1 aromatic carbocycles. The monoisotopic (exact) mass is 266 g/mol. The molecular formula is C12H14N2O3S. The maximum atomic E-state index is 12.1. The molecule has 1 heterocycles. The van der Waals surface area contributed by atoms with E-state index in [0.717, 1.165) is 5.56 Å². The number of rotatable bonds is 4. The molecule has 0 aliphatic rings. The fourth-order valence-corrected chi connectivity index (χ4v) is 3.05. The topological polar surface area (TPSA) is 72.2 Å². The van der Waals surface area contributed by atoms with Crippen molar-refractivity contribution in [1.29, 1.82) is 0 Å². The van der Waals surface area contributed by atoms with Gasteiger partial charge in [0.1, 0.15) is 10.6 Å². The Kier molecular flexibility index (Phi) is 3.49. The molecule has 6 heteroatoms. The van der Waals surface area contributed by atoms with Crippen molar-refractivity contribution < 1.29 is 12.9 Å². The molecule has 18 heavy (non-hydrogen) atoms. The van der Waals surface area contributed by atoms with Crippen LogP contribution in [0.5, 0.6) is 0 Å². The number of aryl methyl sites for hydroxylation is 2. The molecule has 5 nitrogen and oxygen atoms in total. The van der Waals surface area contributed by atoms with Crippen LogP contribution in [0.3, 0.4) is 0 Å². The molecule has 2 rings (SSSR count). The third kappa shape index (κ3) is 2.60. The summed E-state index contributed by atoms with van der Waals surface area (Å²) >= 11 is 0. The van der Waals surface area contributed by atoms with Gasteiger partial charge < -0.3 is 4.52 Å². The van der Waals surface area contributed by atoms with E-state index in [2.05, 4.69) is 9.88 Å². The first-order chi connectivity index (χ1) is 8.50. The second kappa shape index (κ2) is 4.91. The Balaban J connectivity index is 2.19. The highest BCUT2D eigenvalue weighted by Crippen LogP contribution is 2.18. The number of hydrogen-bond donors (Lipinski definition) is 1. The lowest BCUT2D eigenvalue weighted by Crippen LogP contribution is -2.24. The Morgan fingerprint density at radius 1 is 1.22 bits per heavy atom.